The van der Waals surface area contributed by atoms with Crippen LogP contribution in [0.4, 0.5) is 0 Å². The van der Waals surface area contributed by atoms with Crippen molar-refractivity contribution in [1.29, 1.82) is 0 Å². The van der Waals surface area contributed by atoms with E-state index in [1.54, 1.807) is 11.3 Å². The predicted octanol–water partition coefficient (Wildman–Crippen LogP) is 4.83. The van der Waals surface area contributed by atoms with Gasteiger partial charge < -0.3 is 24.4 Å². The van der Waals surface area contributed by atoms with Gasteiger partial charge in [0.05, 0.1) is 43.4 Å². The first-order chi connectivity index (χ1) is 21.4. The van der Waals surface area contributed by atoms with Gasteiger partial charge in [0.15, 0.2) is 0 Å². The maximum atomic E-state index is 13.1. The van der Waals surface area contributed by atoms with E-state index in [4.69, 9.17) is 26.2 Å². The van der Waals surface area contributed by atoms with Crippen LogP contribution >= 0.6 is 22.9 Å². The van der Waals surface area contributed by atoms with E-state index in [2.05, 4.69) is 35.9 Å². The molecule has 1 aromatic carbocycles. The first-order valence-electron chi connectivity index (χ1n) is 16.2. The lowest BCUT2D eigenvalue weighted by Crippen LogP contribution is -2.58. The van der Waals surface area contributed by atoms with Gasteiger partial charge in [-0.25, -0.2) is 4.98 Å². The third kappa shape index (κ3) is 9.71. The molecule has 1 aromatic heterocycles. The highest BCUT2D eigenvalue weighted by Gasteiger charge is 2.41. The van der Waals surface area contributed by atoms with Gasteiger partial charge >= 0.3 is 0 Å². The van der Waals surface area contributed by atoms with Crippen molar-refractivity contribution in [3.05, 3.63) is 50.4 Å². The molecule has 11 heteroatoms. The highest BCUT2D eigenvalue weighted by atomic mass is 35.5. The third-order valence-corrected chi connectivity index (χ3v) is 10.1. The molecule has 9 nitrogen and oxygen atoms in total. The molecular weight excluding hydrogens is 600 g/mol. The Morgan fingerprint density at radius 1 is 1.14 bits per heavy atom. The van der Waals surface area contributed by atoms with Crippen molar-refractivity contribution in [1.82, 2.24) is 19.7 Å². The lowest BCUT2D eigenvalue weighted by atomic mass is 9.89. The van der Waals surface area contributed by atoms with Gasteiger partial charge in [-0.3, -0.25) is 14.5 Å². The maximum absolute atomic E-state index is 13.1. The number of hydrogen-bond donors (Lipinski definition) is 1. The summed E-state index contributed by atoms with van der Waals surface area (Å²) in [7, 11) is 0. The fourth-order valence-electron chi connectivity index (χ4n) is 5.94. The second-order valence-electron chi connectivity index (χ2n) is 11.8. The molecule has 2 aliphatic rings. The summed E-state index contributed by atoms with van der Waals surface area (Å²) in [6, 6.07) is 6.18. The number of piperidine rings is 1. The van der Waals surface area contributed by atoms with E-state index >= 15 is 0 Å². The van der Waals surface area contributed by atoms with Crippen LogP contribution in [0.25, 0.3) is 0 Å². The van der Waals surface area contributed by atoms with Crippen LogP contribution in [0, 0.1) is 0 Å². The number of thiazole rings is 1. The molecule has 4 rings (SSSR count). The number of carbonyl (C=O) groups excluding carboxylic acids is 2. The highest BCUT2D eigenvalue weighted by molar-refractivity contribution is 7.09. The van der Waals surface area contributed by atoms with Gasteiger partial charge in [0.2, 0.25) is 5.91 Å². The Bertz CT molecular complexity index is 1190. The number of nitrogens with zero attached hydrogens (tertiary/aromatic N) is 4. The highest BCUT2D eigenvalue weighted by Crippen LogP contribution is 2.32. The molecule has 0 unspecified atom stereocenters. The van der Waals surface area contributed by atoms with Crippen molar-refractivity contribution in [2.24, 2.45) is 0 Å². The molecule has 2 saturated heterocycles. The van der Waals surface area contributed by atoms with Crippen LogP contribution < -0.4 is 0 Å². The van der Waals surface area contributed by atoms with Crippen molar-refractivity contribution < 1.29 is 24.2 Å². The summed E-state index contributed by atoms with van der Waals surface area (Å²) in [6.45, 7) is 10.8. The Hall–Kier alpha value is -2.08. The minimum atomic E-state index is -0.301. The van der Waals surface area contributed by atoms with Gasteiger partial charge in [-0.1, -0.05) is 50.1 Å². The topological polar surface area (TPSA) is 95.4 Å². The molecule has 0 radical (unpaired) electrons. The Morgan fingerprint density at radius 2 is 1.91 bits per heavy atom. The standard InChI is InChI=1S/C33H49ClN4O5S/c1-3-5-14-37(15-7-19-39)30(40)11-21-42-20-10-26-8-6-9-27(31(26)34)23-36-16-12-33(13-17-36)25-38(18-22-43-33)32(41)28-24-44-29(4-2)35-28/h6,8-9,24,39H,3-5,7,10-23,25H2,1-2H3. The summed E-state index contributed by atoms with van der Waals surface area (Å²) in [5, 5.41) is 12.8. The zero-order valence-corrected chi connectivity index (χ0v) is 28.0. The lowest BCUT2D eigenvalue weighted by molar-refractivity contribution is -0.132. The third-order valence-electron chi connectivity index (χ3n) is 8.63. The van der Waals surface area contributed by atoms with Gasteiger partial charge in [0.1, 0.15) is 5.69 Å². The number of likely N-dealkylation sites (tertiary alicyclic amines) is 1. The summed E-state index contributed by atoms with van der Waals surface area (Å²) in [5.74, 6) is 0.0930. The minimum absolute atomic E-state index is 0.0113. The molecule has 244 valence electrons. The molecule has 2 amide bonds. The number of hydrogen-bond acceptors (Lipinski definition) is 8. The Labute approximate surface area is 271 Å². The quantitative estimate of drug-likeness (QED) is 0.261. The molecule has 44 heavy (non-hydrogen) atoms. The second kappa shape index (κ2) is 17.6. The van der Waals surface area contributed by atoms with Crippen molar-refractivity contribution in [3.8, 4) is 0 Å². The SMILES string of the molecule is CCCCN(CCCO)C(=O)CCOCCc1cccc(CN2CCC3(CC2)CN(C(=O)c2csc(CC)n2)CCO3)c1Cl. The normalized spacial score (nSPS) is 16.9. The fraction of sp³-hybridized carbons (Fsp3) is 0.667. The maximum Gasteiger partial charge on any atom is 0.273 e. The van der Waals surface area contributed by atoms with Gasteiger partial charge in [-0.2, -0.15) is 0 Å². The van der Waals surface area contributed by atoms with Crippen molar-refractivity contribution >= 4 is 34.8 Å². The summed E-state index contributed by atoms with van der Waals surface area (Å²) in [6.07, 6.45) is 6.21. The first kappa shape index (κ1) is 34.8. The largest absolute Gasteiger partial charge is 0.396 e. The van der Waals surface area contributed by atoms with Crippen LogP contribution in [0.2, 0.25) is 5.02 Å². The Balaban J connectivity index is 1.21. The average molecular weight is 649 g/mol. The van der Waals surface area contributed by atoms with Crippen LogP contribution in [0.3, 0.4) is 0 Å². The molecule has 2 aromatic rings. The Morgan fingerprint density at radius 3 is 2.64 bits per heavy atom. The van der Waals surface area contributed by atoms with Crippen LogP contribution in [0.5, 0.6) is 0 Å². The van der Waals surface area contributed by atoms with Gasteiger partial charge in [-0.05, 0) is 49.7 Å². The van der Waals surface area contributed by atoms with E-state index in [0.717, 1.165) is 79.4 Å². The number of aromatic nitrogens is 1. The summed E-state index contributed by atoms with van der Waals surface area (Å²) in [5.41, 5.74) is 2.40. The number of aryl methyl sites for hydroxylation is 1. The van der Waals surface area contributed by atoms with Crippen LogP contribution in [-0.4, -0.2) is 108 Å². The number of rotatable bonds is 16. The fourth-order valence-corrected chi connectivity index (χ4v) is 6.93. The average Bonchev–Trinajstić information content (AvgIpc) is 3.53. The molecule has 0 bridgehead atoms. The van der Waals surface area contributed by atoms with Crippen molar-refractivity contribution in [3.63, 3.8) is 0 Å². The van der Waals surface area contributed by atoms with Gasteiger partial charge in [0.25, 0.3) is 5.91 Å². The van der Waals surface area contributed by atoms with Gasteiger partial charge in [-0.15, -0.1) is 11.3 Å². The van der Waals surface area contributed by atoms with E-state index < -0.39 is 0 Å². The molecule has 0 saturated carbocycles. The van der Waals surface area contributed by atoms with Crippen LogP contribution in [-0.2, 0) is 33.7 Å². The summed E-state index contributed by atoms with van der Waals surface area (Å²) < 4.78 is 12.1. The second-order valence-corrected chi connectivity index (χ2v) is 13.1. The zero-order chi connectivity index (χ0) is 31.4. The number of amides is 2. The monoisotopic (exact) mass is 648 g/mol. The number of carbonyl (C=O) groups is 2. The number of morpholine rings is 1. The number of unbranched alkanes of at least 4 members (excludes halogenated alkanes) is 1. The minimum Gasteiger partial charge on any atom is -0.396 e. The van der Waals surface area contributed by atoms with E-state index in [-0.39, 0.29) is 24.0 Å². The number of halogens is 1. The summed E-state index contributed by atoms with van der Waals surface area (Å²) >= 11 is 8.41. The van der Waals surface area contributed by atoms with Gasteiger partial charge in [0, 0.05) is 56.3 Å². The van der Waals surface area contributed by atoms with E-state index in [1.165, 1.54) is 0 Å². The number of benzene rings is 1. The number of aliphatic hydroxyl groups excluding tert-OH is 1. The van der Waals surface area contributed by atoms with E-state index in [1.807, 2.05) is 21.2 Å². The molecule has 0 atom stereocenters. The number of ether oxygens (including phenoxy) is 2. The molecule has 2 fully saturated rings. The predicted molar refractivity (Wildman–Crippen MR) is 174 cm³/mol. The molecule has 1 N–H and O–H groups in total. The number of aliphatic hydroxyl groups is 1. The molecule has 3 heterocycles. The Kier molecular flexibility index (Phi) is 13.9. The molecule has 1 spiro atoms. The van der Waals surface area contributed by atoms with E-state index in [9.17, 15) is 9.59 Å². The smallest absolute Gasteiger partial charge is 0.273 e. The molecule has 0 aliphatic carbocycles. The first-order valence-corrected chi connectivity index (χ1v) is 17.5. The van der Waals surface area contributed by atoms with Crippen molar-refractivity contribution in [2.45, 2.75) is 77.4 Å². The van der Waals surface area contributed by atoms with Crippen LogP contribution in [0.15, 0.2) is 23.6 Å². The van der Waals surface area contributed by atoms with E-state index in [0.29, 0.717) is 64.4 Å². The molecular formula is C33H49ClN4O5S. The zero-order valence-electron chi connectivity index (χ0n) is 26.4. The lowest BCUT2D eigenvalue weighted by Gasteiger charge is -2.47. The molecule has 2 aliphatic heterocycles. The summed E-state index contributed by atoms with van der Waals surface area (Å²) in [4.78, 5) is 36.4. The van der Waals surface area contributed by atoms with Crippen LogP contribution in [0.1, 0.15) is 79.0 Å². The van der Waals surface area contributed by atoms with Crippen molar-refractivity contribution in [2.75, 3.05) is 65.7 Å².